The second-order valence-corrected chi connectivity index (χ2v) is 10.7. The highest BCUT2D eigenvalue weighted by Gasteiger charge is 2.44. The summed E-state index contributed by atoms with van der Waals surface area (Å²) in [6.07, 6.45) is 10.3. The summed E-state index contributed by atoms with van der Waals surface area (Å²) in [5, 5.41) is 4.28. The minimum absolute atomic E-state index is 0.0155. The van der Waals surface area contributed by atoms with Crippen LogP contribution in [0.1, 0.15) is 43.9 Å². The standard InChI is InChI=1S/C31H36F3N3O2/c1-21(2)31(18-37-20-35-19-36-37,27-12-11-26(32)15-29(27)34)23(4)14-24-16-38-30(39-17-24)8-6-5-7-25-10-9-22(3)13-28(25)33/h5-13,15,19-21,23-24,30H,14,16-18H2,1-4H3/b7-5+,8-6+. The smallest absolute Gasteiger partial charge is 0.177 e. The summed E-state index contributed by atoms with van der Waals surface area (Å²) in [6.45, 7) is 9.44. The monoisotopic (exact) mass is 539 g/mol. The number of halogens is 3. The number of aromatic nitrogens is 3. The Morgan fingerprint density at radius 3 is 2.44 bits per heavy atom. The maximum absolute atomic E-state index is 15.3. The van der Waals surface area contributed by atoms with Crippen LogP contribution >= 0.6 is 0 Å². The second-order valence-electron chi connectivity index (χ2n) is 10.7. The molecule has 5 nitrogen and oxygen atoms in total. The average Bonchev–Trinajstić information content (AvgIpc) is 3.40. The van der Waals surface area contributed by atoms with Crippen LogP contribution in [0.15, 0.2) is 67.3 Å². The highest BCUT2D eigenvalue weighted by molar-refractivity contribution is 5.52. The average molecular weight is 540 g/mol. The Kier molecular flexibility index (Phi) is 9.40. The number of allylic oxidation sites excluding steroid dienone is 2. The third-order valence-corrected chi connectivity index (χ3v) is 7.72. The number of benzene rings is 2. The topological polar surface area (TPSA) is 49.2 Å². The molecule has 1 aliphatic rings. The summed E-state index contributed by atoms with van der Waals surface area (Å²) in [5.74, 6) is -1.33. The van der Waals surface area contributed by atoms with Crippen molar-refractivity contribution in [2.45, 2.75) is 52.4 Å². The molecule has 0 amide bonds. The number of aryl methyl sites for hydroxylation is 1. The van der Waals surface area contributed by atoms with Gasteiger partial charge in [0.25, 0.3) is 0 Å². The van der Waals surface area contributed by atoms with E-state index in [1.165, 1.54) is 18.5 Å². The molecule has 0 spiro atoms. The largest absolute Gasteiger partial charge is 0.349 e. The summed E-state index contributed by atoms with van der Waals surface area (Å²) in [5.41, 5.74) is 1.19. The molecule has 39 heavy (non-hydrogen) atoms. The van der Waals surface area contributed by atoms with Crippen LogP contribution in [0.5, 0.6) is 0 Å². The number of nitrogens with zero attached hydrogens (tertiary/aromatic N) is 3. The van der Waals surface area contributed by atoms with E-state index in [4.69, 9.17) is 9.47 Å². The van der Waals surface area contributed by atoms with Crippen molar-refractivity contribution in [2.75, 3.05) is 13.2 Å². The fourth-order valence-electron chi connectivity index (χ4n) is 5.62. The van der Waals surface area contributed by atoms with E-state index in [0.717, 1.165) is 11.6 Å². The fraction of sp³-hybridized carbons (Fsp3) is 0.419. The van der Waals surface area contributed by atoms with Crippen molar-refractivity contribution in [3.8, 4) is 0 Å². The number of rotatable bonds is 10. The number of ether oxygens (including phenoxy) is 2. The van der Waals surface area contributed by atoms with Gasteiger partial charge in [-0.25, -0.2) is 18.2 Å². The van der Waals surface area contributed by atoms with E-state index in [0.29, 0.717) is 37.3 Å². The third kappa shape index (κ3) is 6.86. The van der Waals surface area contributed by atoms with Gasteiger partial charge in [-0.15, -0.1) is 0 Å². The molecule has 0 saturated carbocycles. The zero-order chi connectivity index (χ0) is 28.0. The molecule has 4 rings (SSSR count). The van der Waals surface area contributed by atoms with Gasteiger partial charge in [-0.1, -0.05) is 57.2 Å². The normalized spacial score (nSPS) is 20.6. The minimum atomic E-state index is -0.668. The third-order valence-electron chi connectivity index (χ3n) is 7.72. The van der Waals surface area contributed by atoms with Crippen LogP contribution in [0.25, 0.3) is 6.08 Å². The maximum atomic E-state index is 15.3. The van der Waals surface area contributed by atoms with Crippen LogP contribution in [0.2, 0.25) is 0 Å². The van der Waals surface area contributed by atoms with E-state index >= 15 is 4.39 Å². The van der Waals surface area contributed by atoms with Crippen molar-refractivity contribution in [3.63, 3.8) is 0 Å². The molecular weight excluding hydrogens is 503 g/mol. The van der Waals surface area contributed by atoms with E-state index in [-0.39, 0.29) is 23.6 Å². The Labute approximate surface area is 228 Å². The molecule has 8 heteroatoms. The van der Waals surface area contributed by atoms with Crippen LogP contribution in [0, 0.1) is 42.1 Å². The Morgan fingerprint density at radius 1 is 1.03 bits per heavy atom. The molecule has 2 heterocycles. The van der Waals surface area contributed by atoms with E-state index in [1.807, 2.05) is 13.0 Å². The van der Waals surface area contributed by atoms with Crippen LogP contribution in [-0.2, 0) is 21.4 Å². The molecule has 3 aromatic rings. The molecule has 0 N–H and O–H groups in total. The van der Waals surface area contributed by atoms with Crippen molar-refractivity contribution in [3.05, 3.63) is 101 Å². The molecule has 208 valence electrons. The van der Waals surface area contributed by atoms with Crippen molar-refractivity contribution in [2.24, 2.45) is 17.8 Å². The van der Waals surface area contributed by atoms with Crippen LogP contribution in [0.3, 0.4) is 0 Å². The van der Waals surface area contributed by atoms with Gasteiger partial charge in [0.15, 0.2) is 6.29 Å². The number of hydrogen-bond donors (Lipinski definition) is 0. The van der Waals surface area contributed by atoms with E-state index in [9.17, 15) is 8.78 Å². The Balaban J connectivity index is 1.43. The highest BCUT2D eigenvalue weighted by Crippen LogP contribution is 2.45. The molecule has 0 aliphatic carbocycles. The first-order valence-electron chi connectivity index (χ1n) is 13.3. The lowest BCUT2D eigenvalue weighted by molar-refractivity contribution is -0.178. The number of hydrogen-bond acceptors (Lipinski definition) is 4. The second kappa shape index (κ2) is 12.7. The zero-order valence-corrected chi connectivity index (χ0v) is 22.9. The molecular formula is C31H36F3N3O2. The van der Waals surface area contributed by atoms with E-state index in [1.54, 1.807) is 47.4 Å². The highest BCUT2D eigenvalue weighted by atomic mass is 19.1. The first kappa shape index (κ1) is 28.8. The van der Waals surface area contributed by atoms with E-state index < -0.39 is 23.3 Å². The lowest BCUT2D eigenvalue weighted by Gasteiger charge is -2.45. The van der Waals surface area contributed by atoms with Crippen molar-refractivity contribution < 1.29 is 22.6 Å². The fourth-order valence-corrected chi connectivity index (χ4v) is 5.62. The van der Waals surface area contributed by atoms with Gasteiger partial charge in [0.1, 0.15) is 30.1 Å². The maximum Gasteiger partial charge on any atom is 0.177 e. The molecule has 2 unspecified atom stereocenters. The minimum Gasteiger partial charge on any atom is -0.349 e. The van der Waals surface area contributed by atoms with Gasteiger partial charge in [0.05, 0.1) is 19.8 Å². The van der Waals surface area contributed by atoms with Gasteiger partial charge in [0.2, 0.25) is 0 Å². The summed E-state index contributed by atoms with van der Waals surface area (Å²) in [7, 11) is 0. The van der Waals surface area contributed by atoms with Gasteiger partial charge < -0.3 is 9.47 Å². The molecule has 1 aliphatic heterocycles. The first-order valence-corrected chi connectivity index (χ1v) is 13.3. The van der Waals surface area contributed by atoms with Crippen molar-refractivity contribution in [1.29, 1.82) is 0 Å². The van der Waals surface area contributed by atoms with Crippen molar-refractivity contribution in [1.82, 2.24) is 14.8 Å². The summed E-state index contributed by atoms with van der Waals surface area (Å²) in [4.78, 5) is 4.06. The Bertz CT molecular complexity index is 1280. The van der Waals surface area contributed by atoms with Gasteiger partial charge in [0, 0.05) is 23.0 Å². The first-order chi connectivity index (χ1) is 18.7. The van der Waals surface area contributed by atoms with Gasteiger partial charge in [-0.3, -0.25) is 4.68 Å². The molecule has 1 fully saturated rings. The molecule has 2 atom stereocenters. The molecule has 1 saturated heterocycles. The summed E-state index contributed by atoms with van der Waals surface area (Å²) >= 11 is 0. The predicted molar refractivity (Wildman–Crippen MR) is 145 cm³/mol. The molecule has 2 aromatic carbocycles. The lowest BCUT2D eigenvalue weighted by atomic mass is 9.61. The zero-order valence-electron chi connectivity index (χ0n) is 22.9. The van der Waals surface area contributed by atoms with E-state index in [2.05, 4.69) is 30.9 Å². The summed E-state index contributed by atoms with van der Waals surface area (Å²) in [6, 6.07) is 8.93. The van der Waals surface area contributed by atoms with Crippen molar-refractivity contribution >= 4 is 6.08 Å². The van der Waals surface area contributed by atoms with Gasteiger partial charge >= 0.3 is 0 Å². The van der Waals surface area contributed by atoms with Gasteiger partial charge in [-0.05, 0) is 54.5 Å². The predicted octanol–water partition coefficient (Wildman–Crippen LogP) is 6.88. The molecule has 0 radical (unpaired) electrons. The van der Waals surface area contributed by atoms with Crippen LogP contribution in [0.4, 0.5) is 13.2 Å². The summed E-state index contributed by atoms with van der Waals surface area (Å²) < 4.78 is 56.7. The van der Waals surface area contributed by atoms with Gasteiger partial charge in [-0.2, -0.15) is 5.10 Å². The Morgan fingerprint density at radius 2 is 1.79 bits per heavy atom. The molecule has 0 bridgehead atoms. The lowest BCUT2D eigenvalue weighted by Crippen LogP contribution is -2.46. The quantitative estimate of drug-likeness (QED) is 0.264. The Hall–Kier alpha value is -3.23. The molecule has 1 aromatic heterocycles. The SMILES string of the molecule is Cc1ccc(/C=C/C=C/C2OCC(CC(C)C(Cn3cncn3)(c3ccc(F)cc3F)C(C)C)CO2)c(F)c1. The van der Waals surface area contributed by atoms with Crippen LogP contribution in [-0.4, -0.2) is 34.3 Å². The van der Waals surface area contributed by atoms with Crippen LogP contribution < -0.4 is 0 Å².